The van der Waals surface area contributed by atoms with E-state index in [9.17, 15) is 4.79 Å². The molecule has 2 aromatic rings. The molecule has 0 bridgehead atoms. The number of thiophene rings is 1. The zero-order valence-electron chi connectivity index (χ0n) is 10.1. The van der Waals surface area contributed by atoms with Gasteiger partial charge in [-0.2, -0.15) is 0 Å². The van der Waals surface area contributed by atoms with Crippen molar-refractivity contribution in [1.29, 1.82) is 0 Å². The second-order valence-corrected chi connectivity index (χ2v) is 5.74. The summed E-state index contributed by atoms with van der Waals surface area (Å²) in [6.45, 7) is 0.644. The van der Waals surface area contributed by atoms with Crippen molar-refractivity contribution in [2.24, 2.45) is 0 Å². The van der Waals surface area contributed by atoms with Gasteiger partial charge in [0, 0.05) is 4.88 Å². The highest BCUT2D eigenvalue weighted by molar-refractivity contribution is 7.09. The Morgan fingerprint density at radius 2 is 1.94 bits per heavy atom. The van der Waals surface area contributed by atoms with E-state index in [1.807, 2.05) is 35.7 Å². The van der Waals surface area contributed by atoms with Gasteiger partial charge in [0.25, 0.3) is 0 Å². The van der Waals surface area contributed by atoms with Crippen LogP contribution in [0.25, 0.3) is 0 Å². The predicted octanol–water partition coefficient (Wildman–Crippen LogP) is 3.10. The first-order valence-electron chi connectivity index (χ1n) is 6.17. The van der Waals surface area contributed by atoms with Crippen LogP contribution in [0, 0.1) is 0 Å². The molecule has 18 heavy (non-hydrogen) atoms. The first-order valence-corrected chi connectivity index (χ1v) is 7.05. The number of nitrogens with one attached hydrogen (secondary N) is 1. The summed E-state index contributed by atoms with van der Waals surface area (Å²) in [7, 11) is 0. The Hall–Kier alpha value is -1.61. The van der Waals surface area contributed by atoms with Crippen LogP contribution in [0.4, 0.5) is 0 Å². The highest BCUT2D eigenvalue weighted by Crippen LogP contribution is 2.48. The molecule has 0 spiro atoms. The number of benzene rings is 1. The third-order valence-corrected chi connectivity index (χ3v) is 4.39. The van der Waals surface area contributed by atoms with Crippen LogP contribution in [-0.4, -0.2) is 5.91 Å². The lowest BCUT2D eigenvalue weighted by atomic mass is 9.95. The van der Waals surface area contributed by atoms with Gasteiger partial charge in [0.15, 0.2) is 0 Å². The zero-order valence-corrected chi connectivity index (χ0v) is 10.9. The average Bonchev–Trinajstić information content (AvgIpc) is 3.07. The fraction of sp³-hybridized carbons (Fsp3) is 0.267. The zero-order chi connectivity index (χ0) is 12.4. The Morgan fingerprint density at radius 1 is 1.17 bits per heavy atom. The minimum atomic E-state index is -0.251. The Bertz CT molecular complexity index is 529. The first kappa shape index (κ1) is 11.5. The van der Waals surface area contributed by atoms with E-state index in [4.69, 9.17) is 0 Å². The molecule has 0 radical (unpaired) electrons. The molecule has 1 aliphatic carbocycles. The number of carbonyl (C=O) groups is 1. The van der Waals surface area contributed by atoms with Crippen LogP contribution in [0.1, 0.15) is 23.3 Å². The van der Waals surface area contributed by atoms with E-state index in [-0.39, 0.29) is 11.3 Å². The number of rotatable bonds is 4. The summed E-state index contributed by atoms with van der Waals surface area (Å²) in [5.41, 5.74) is 0.895. The summed E-state index contributed by atoms with van der Waals surface area (Å²) >= 11 is 1.68. The van der Waals surface area contributed by atoms with E-state index in [0.717, 1.165) is 18.4 Å². The molecule has 0 atom stereocenters. The van der Waals surface area contributed by atoms with E-state index in [1.54, 1.807) is 11.3 Å². The molecular weight excluding hydrogens is 242 g/mol. The number of hydrogen-bond acceptors (Lipinski definition) is 2. The largest absolute Gasteiger partial charge is 0.350 e. The van der Waals surface area contributed by atoms with Gasteiger partial charge in [-0.25, -0.2) is 0 Å². The molecule has 0 aliphatic heterocycles. The molecule has 0 saturated heterocycles. The summed E-state index contributed by atoms with van der Waals surface area (Å²) in [4.78, 5) is 13.5. The Morgan fingerprint density at radius 3 is 2.56 bits per heavy atom. The van der Waals surface area contributed by atoms with Gasteiger partial charge in [0.2, 0.25) is 5.91 Å². The van der Waals surface area contributed by atoms with E-state index < -0.39 is 0 Å². The molecule has 1 saturated carbocycles. The van der Waals surface area contributed by atoms with Crippen molar-refractivity contribution in [2.75, 3.05) is 0 Å². The number of carbonyl (C=O) groups excluding carboxylic acids is 1. The molecule has 1 amide bonds. The molecule has 1 fully saturated rings. The van der Waals surface area contributed by atoms with Gasteiger partial charge in [-0.05, 0) is 29.9 Å². The highest BCUT2D eigenvalue weighted by atomic mass is 32.1. The summed E-state index contributed by atoms with van der Waals surface area (Å²) in [5.74, 6) is 0.169. The number of hydrogen-bond donors (Lipinski definition) is 1. The fourth-order valence-electron chi connectivity index (χ4n) is 2.28. The summed E-state index contributed by atoms with van der Waals surface area (Å²) in [5, 5.41) is 5.09. The normalized spacial score (nSPS) is 16.2. The molecule has 2 nitrogen and oxygen atoms in total. The molecule has 1 aromatic heterocycles. The predicted molar refractivity (Wildman–Crippen MR) is 73.5 cm³/mol. The third-order valence-electron chi connectivity index (χ3n) is 3.51. The Kier molecular flexibility index (Phi) is 2.92. The third kappa shape index (κ3) is 2.06. The second-order valence-electron chi connectivity index (χ2n) is 4.71. The van der Waals surface area contributed by atoms with Crippen LogP contribution in [-0.2, 0) is 16.8 Å². The Balaban J connectivity index is 1.69. The van der Waals surface area contributed by atoms with Gasteiger partial charge in [-0.15, -0.1) is 11.3 Å². The van der Waals surface area contributed by atoms with Crippen molar-refractivity contribution in [2.45, 2.75) is 24.8 Å². The molecule has 1 N–H and O–H groups in total. The van der Waals surface area contributed by atoms with Gasteiger partial charge in [0.05, 0.1) is 12.0 Å². The summed E-state index contributed by atoms with van der Waals surface area (Å²) in [6.07, 6.45) is 1.93. The molecule has 0 unspecified atom stereocenters. The van der Waals surface area contributed by atoms with Crippen molar-refractivity contribution < 1.29 is 4.79 Å². The molecule has 1 heterocycles. The van der Waals surface area contributed by atoms with Crippen molar-refractivity contribution in [3.63, 3.8) is 0 Å². The molecule has 3 rings (SSSR count). The maximum atomic E-state index is 12.3. The van der Waals surface area contributed by atoms with E-state index >= 15 is 0 Å². The lowest BCUT2D eigenvalue weighted by Crippen LogP contribution is -2.34. The van der Waals surface area contributed by atoms with E-state index in [0.29, 0.717) is 6.54 Å². The minimum absolute atomic E-state index is 0.169. The summed E-state index contributed by atoms with van der Waals surface area (Å²) in [6, 6.07) is 14.2. The van der Waals surface area contributed by atoms with Gasteiger partial charge in [-0.3, -0.25) is 4.79 Å². The topological polar surface area (TPSA) is 29.1 Å². The minimum Gasteiger partial charge on any atom is -0.350 e. The lowest BCUT2D eigenvalue weighted by molar-refractivity contribution is -0.123. The molecule has 1 aromatic carbocycles. The fourth-order valence-corrected chi connectivity index (χ4v) is 2.92. The lowest BCUT2D eigenvalue weighted by Gasteiger charge is -2.15. The smallest absolute Gasteiger partial charge is 0.230 e. The van der Waals surface area contributed by atoms with Crippen LogP contribution < -0.4 is 5.32 Å². The standard InChI is InChI=1S/C15H15NOS/c17-14(16-11-13-7-4-10-18-13)15(8-9-15)12-5-2-1-3-6-12/h1-7,10H,8-9,11H2,(H,16,17). The van der Waals surface area contributed by atoms with Crippen molar-refractivity contribution >= 4 is 17.2 Å². The molecule has 3 heteroatoms. The maximum absolute atomic E-state index is 12.3. The monoisotopic (exact) mass is 257 g/mol. The van der Waals surface area contributed by atoms with Gasteiger partial charge in [-0.1, -0.05) is 36.4 Å². The van der Waals surface area contributed by atoms with Crippen LogP contribution in [0.5, 0.6) is 0 Å². The van der Waals surface area contributed by atoms with E-state index in [1.165, 1.54) is 4.88 Å². The van der Waals surface area contributed by atoms with Crippen LogP contribution in [0.2, 0.25) is 0 Å². The second kappa shape index (κ2) is 4.58. The van der Waals surface area contributed by atoms with Gasteiger partial charge >= 0.3 is 0 Å². The highest BCUT2D eigenvalue weighted by Gasteiger charge is 2.50. The van der Waals surface area contributed by atoms with Crippen molar-refractivity contribution in [1.82, 2.24) is 5.32 Å². The summed E-state index contributed by atoms with van der Waals surface area (Å²) < 4.78 is 0. The van der Waals surface area contributed by atoms with Gasteiger partial charge < -0.3 is 5.32 Å². The van der Waals surface area contributed by atoms with Crippen LogP contribution in [0.15, 0.2) is 47.8 Å². The first-order chi connectivity index (χ1) is 8.81. The van der Waals surface area contributed by atoms with Crippen LogP contribution in [0.3, 0.4) is 0 Å². The van der Waals surface area contributed by atoms with Crippen molar-refractivity contribution in [3.05, 3.63) is 58.3 Å². The SMILES string of the molecule is O=C(NCc1cccs1)C1(c2ccccc2)CC1. The molecular formula is C15H15NOS. The number of amides is 1. The Labute approximate surface area is 111 Å². The maximum Gasteiger partial charge on any atom is 0.230 e. The van der Waals surface area contributed by atoms with Crippen LogP contribution >= 0.6 is 11.3 Å². The average molecular weight is 257 g/mol. The molecule has 92 valence electrons. The quantitative estimate of drug-likeness (QED) is 0.896. The molecule has 1 aliphatic rings. The van der Waals surface area contributed by atoms with Crippen molar-refractivity contribution in [3.8, 4) is 0 Å². The van der Waals surface area contributed by atoms with E-state index in [2.05, 4.69) is 17.4 Å². The van der Waals surface area contributed by atoms with Gasteiger partial charge in [0.1, 0.15) is 0 Å².